The van der Waals surface area contributed by atoms with E-state index in [2.05, 4.69) is 60.8 Å². The van der Waals surface area contributed by atoms with Gasteiger partial charge in [-0.1, -0.05) is 50.9 Å². The lowest BCUT2D eigenvalue weighted by molar-refractivity contribution is -0.120. The molecule has 1 heterocycles. The van der Waals surface area contributed by atoms with E-state index in [1.54, 1.807) is 18.2 Å². The number of allylic oxidation sites excluding steroid dienone is 4. The van der Waals surface area contributed by atoms with Gasteiger partial charge in [0.2, 0.25) is 0 Å². The van der Waals surface area contributed by atoms with Crippen LogP contribution in [-0.2, 0) is 14.4 Å². The maximum absolute atomic E-state index is 13.9. The molecule has 0 saturated heterocycles. The number of Topliss-reactive ketones (excluding diaryl/α,β-unsaturated/α-hetero) is 2. The molecule has 10 heteroatoms. The van der Waals surface area contributed by atoms with E-state index in [1.807, 2.05) is 12.1 Å². The molecule has 0 unspecified atom stereocenters. The molecule has 0 aromatic heterocycles. The van der Waals surface area contributed by atoms with E-state index in [0.29, 0.717) is 62.2 Å². The van der Waals surface area contributed by atoms with Gasteiger partial charge in [-0.25, -0.2) is 0 Å². The number of benzene rings is 2. The van der Waals surface area contributed by atoms with E-state index in [1.165, 1.54) is 7.11 Å². The Balaban J connectivity index is 1.53. The summed E-state index contributed by atoms with van der Waals surface area (Å²) in [7, 11) is 1.52. The average molecular weight is 704 g/mol. The summed E-state index contributed by atoms with van der Waals surface area (Å²) in [5.41, 5.74) is 4.29. The third kappa shape index (κ3) is 6.31. The van der Waals surface area contributed by atoms with Gasteiger partial charge in [0.15, 0.2) is 29.7 Å². The zero-order chi connectivity index (χ0) is 32.1. The molecular formula is C34H37BrCl2N2O5. The largest absolute Gasteiger partial charge is 0.493 e. The number of hydrogen-bond donors (Lipinski definition) is 1. The lowest BCUT2D eigenvalue weighted by atomic mass is 9.63. The van der Waals surface area contributed by atoms with Gasteiger partial charge in [0.25, 0.3) is 5.91 Å². The van der Waals surface area contributed by atoms with Crippen molar-refractivity contribution in [3.8, 4) is 11.5 Å². The summed E-state index contributed by atoms with van der Waals surface area (Å²) in [6.45, 7) is 11.0. The summed E-state index contributed by atoms with van der Waals surface area (Å²) in [6.07, 6.45) is 2.32. The molecule has 0 spiro atoms. The van der Waals surface area contributed by atoms with Crippen molar-refractivity contribution >= 4 is 62.3 Å². The van der Waals surface area contributed by atoms with Gasteiger partial charge in [0, 0.05) is 53.5 Å². The van der Waals surface area contributed by atoms with Crippen LogP contribution in [0.1, 0.15) is 71.8 Å². The number of carbonyl (C=O) groups is 3. The molecule has 2 aromatic rings. The molecule has 2 aromatic carbocycles. The van der Waals surface area contributed by atoms with Crippen molar-refractivity contribution in [2.75, 3.05) is 25.6 Å². The summed E-state index contributed by atoms with van der Waals surface area (Å²) >= 11 is 15.7. The van der Waals surface area contributed by atoms with Crippen LogP contribution in [0.3, 0.4) is 0 Å². The fourth-order valence-corrected chi connectivity index (χ4v) is 7.59. The second-order valence-corrected chi connectivity index (χ2v) is 14.9. The van der Waals surface area contributed by atoms with E-state index in [4.69, 9.17) is 32.7 Å². The predicted octanol–water partition coefficient (Wildman–Crippen LogP) is 8.49. The number of methoxy groups -OCH3 is 1. The molecule has 1 N–H and O–H groups in total. The first kappa shape index (κ1) is 32.6. The summed E-state index contributed by atoms with van der Waals surface area (Å²) < 4.78 is 12.2. The van der Waals surface area contributed by atoms with E-state index >= 15 is 0 Å². The molecular weight excluding hydrogens is 667 g/mol. The number of rotatable bonds is 7. The second-order valence-electron chi connectivity index (χ2n) is 13.3. The van der Waals surface area contributed by atoms with Crippen LogP contribution in [0.4, 0.5) is 5.69 Å². The third-order valence-corrected chi connectivity index (χ3v) is 9.80. The number of nitrogens with zero attached hydrogens (tertiary/aromatic N) is 1. The number of halogens is 3. The number of nitrogens with one attached hydrogen (secondary N) is 1. The van der Waals surface area contributed by atoms with Gasteiger partial charge in [-0.2, -0.15) is 0 Å². The fraction of sp³-hybridized carbons (Fsp3) is 0.441. The highest BCUT2D eigenvalue weighted by atomic mass is 79.9. The third-order valence-electron chi connectivity index (χ3n) is 8.47. The Kier molecular flexibility index (Phi) is 9.02. The first-order chi connectivity index (χ1) is 20.6. The topological polar surface area (TPSA) is 84.9 Å². The maximum Gasteiger partial charge on any atom is 0.262 e. The van der Waals surface area contributed by atoms with E-state index in [-0.39, 0.29) is 29.0 Å². The first-order valence-electron chi connectivity index (χ1n) is 14.7. The molecule has 234 valence electrons. The first-order valence-corrected chi connectivity index (χ1v) is 16.2. The zero-order valence-electron chi connectivity index (χ0n) is 25.8. The maximum atomic E-state index is 13.9. The highest BCUT2D eigenvalue weighted by molar-refractivity contribution is 9.10. The number of anilines is 1. The van der Waals surface area contributed by atoms with E-state index in [9.17, 15) is 14.4 Å². The summed E-state index contributed by atoms with van der Waals surface area (Å²) in [5, 5.41) is 3.45. The molecule has 7 nitrogen and oxygen atoms in total. The Morgan fingerprint density at radius 1 is 0.955 bits per heavy atom. The normalized spacial score (nSPS) is 19.5. The van der Waals surface area contributed by atoms with Crippen LogP contribution >= 0.6 is 39.1 Å². The number of hydrogen-bond acceptors (Lipinski definition) is 6. The second kappa shape index (κ2) is 12.2. The van der Waals surface area contributed by atoms with Crippen LogP contribution in [-0.4, -0.2) is 42.6 Å². The molecule has 5 rings (SSSR count). The van der Waals surface area contributed by atoms with Gasteiger partial charge in [-0.3, -0.25) is 14.4 Å². The number of amides is 1. The Labute approximate surface area is 277 Å². The van der Waals surface area contributed by atoms with Crippen LogP contribution in [0.5, 0.6) is 11.5 Å². The summed E-state index contributed by atoms with van der Waals surface area (Å²) in [6, 6.07) is 8.49. The molecule has 0 radical (unpaired) electrons. The van der Waals surface area contributed by atoms with Crippen LogP contribution in [0.25, 0.3) is 0 Å². The fourth-order valence-electron chi connectivity index (χ4n) is 6.72. The zero-order valence-corrected chi connectivity index (χ0v) is 28.9. The van der Waals surface area contributed by atoms with Crippen LogP contribution in [0, 0.1) is 10.8 Å². The van der Waals surface area contributed by atoms with Crippen molar-refractivity contribution in [1.82, 2.24) is 4.90 Å². The Morgan fingerprint density at radius 3 is 2.07 bits per heavy atom. The van der Waals surface area contributed by atoms with Crippen molar-refractivity contribution in [2.45, 2.75) is 66.2 Å². The van der Waals surface area contributed by atoms with Gasteiger partial charge < -0.3 is 19.7 Å². The van der Waals surface area contributed by atoms with Crippen LogP contribution in [0.15, 0.2) is 57.3 Å². The van der Waals surface area contributed by atoms with Crippen molar-refractivity contribution in [3.63, 3.8) is 0 Å². The van der Waals surface area contributed by atoms with Crippen LogP contribution in [0.2, 0.25) is 10.0 Å². The minimum Gasteiger partial charge on any atom is -0.493 e. The van der Waals surface area contributed by atoms with Gasteiger partial charge in [0.1, 0.15) is 0 Å². The molecule has 0 atom stereocenters. The molecule has 0 saturated carbocycles. The number of carbonyl (C=O) groups excluding carboxylic acids is 3. The van der Waals surface area contributed by atoms with Gasteiger partial charge in [0.05, 0.1) is 21.6 Å². The quantitative estimate of drug-likeness (QED) is 0.311. The predicted molar refractivity (Wildman–Crippen MR) is 176 cm³/mol. The molecule has 3 aliphatic rings. The Hall–Kier alpha value is -2.81. The molecule has 0 bridgehead atoms. The highest BCUT2D eigenvalue weighted by Crippen LogP contribution is 2.55. The smallest absolute Gasteiger partial charge is 0.262 e. The highest BCUT2D eigenvalue weighted by Gasteiger charge is 2.48. The molecule has 2 aliphatic carbocycles. The molecule has 1 amide bonds. The van der Waals surface area contributed by atoms with Crippen molar-refractivity contribution < 1.29 is 23.9 Å². The number of ketones is 2. The lowest BCUT2D eigenvalue weighted by Crippen LogP contribution is -2.44. The monoisotopic (exact) mass is 702 g/mol. The minimum atomic E-state index is -0.521. The SMILES string of the molecule is CCN1C2=C(C(=O)CC(C)(C)C2)C(c2cc(Br)c(OCC(=O)Nc3ccc(Cl)c(Cl)c3)c(OC)c2)C2=C1CC(C)(C)CC2=O. The van der Waals surface area contributed by atoms with Crippen molar-refractivity contribution in [2.24, 2.45) is 10.8 Å². The van der Waals surface area contributed by atoms with E-state index < -0.39 is 11.8 Å². The van der Waals surface area contributed by atoms with Gasteiger partial charge in [-0.15, -0.1) is 0 Å². The van der Waals surface area contributed by atoms with Gasteiger partial charge >= 0.3 is 0 Å². The number of ether oxygens (including phenoxy) is 2. The average Bonchev–Trinajstić information content (AvgIpc) is 2.91. The minimum absolute atomic E-state index is 0.0678. The van der Waals surface area contributed by atoms with Crippen molar-refractivity contribution in [3.05, 3.63) is 73.0 Å². The van der Waals surface area contributed by atoms with E-state index in [0.717, 1.165) is 29.8 Å². The summed E-state index contributed by atoms with van der Waals surface area (Å²) in [5.74, 6) is -0.0687. The standard InChI is InChI=1S/C34H37BrCl2N2O5/c1-7-39-23-13-33(2,3)15-25(40)30(23)29(31-24(39)14-34(4,5)16-26(31)41)18-10-20(35)32(27(11-18)43-6)44-17-28(42)38-19-8-9-21(36)22(37)12-19/h8-12,29H,7,13-17H2,1-6H3,(H,38,42). The Morgan fingerprint density at radius 2 is 1.55 bits per heavy atom. The Bertz CT molecular complexity index is 1570. The molecule has 1 aliphatic heterocycles. The molecule has 0 fully saturated rings. The van der Waals surface area contributed by atoms with Gasteiger partial charge in [-0.05, 0) is 82.4 Å². The lowest BCUT2D eigenvalue weighted by Gasteiger charge is -2.49. The molecule has 44 heavy (non-hydrogen) atoms. The van der Waals surface area contributed by atoms with Crippen LogP contribution < -0.4 is 14.8 Å². The summed E-state index contributed by atoms with van der Waals surface area (Å²) in [4.78, 5) is 42.8. The van der Waals surface area contributed by atoms with Crippen molar-refractivity contribution in [1.29, 1.82) is 0 Å².